The molecular formula is H10MgNO8P3. The standard InChI is InChI=1S/Mg.H3N.2H3O4P.H3P/c;;2*1-5(2,3)4;/h;1H3;2*(H3,1,2,3,4);1H3/q+2;;;;/p-2. The zero-order chi connectivity index (χ0) is 9.00. The Kier molecular flexibility index (Phi) is 25.8. The second kappa shape index (κ2) is 11.5. The van der Waals surface area contributed by atoms with Crippen molar-refractivity contribution >= 4 is 48.6 Å². The zero-order valence-electron chi connectivity index (χ0n) is 6.44. The van der Waals surface area contributed by atoms with Crippen molar-refractivity contribution in [3.8, 4) is 0 Å². The quantitative estimate of drug-likeness (QED) is 0.221. The van der Waals surface area contributed by atoms with Crippen molar-refractivity contribution in [2.24, 2.45) is 0 Å². The van der Waals surface area contributed by atoms with Crippen molar-refractivity contribution in [1.82, 2.24) is 6.15 Å². The Morgan fingerprint density at radius 2 is 0.923 bits per heavy atom. The van der Waals surface area contributed by atoms with Crippen molar-refractivity contribution in [2.75, 3.05) is 0 Å². The molecule has 0 aromatic heterocycles. The first kappa shape index (κ1) is 29.3. The minimum absolute atomic E-state index is 0. The summed E-state index contributed by atoms with van der Waals surface area (Å²) >= 11 is 0. The molecule has 0 amide bonds. The van der Waals surface area contributed by atoms with Crippen molar-refractivity contribution in [1.29, 1.82) is 0 Å². The molecule has 0 aliphatic heterocycles. The third-order valence-electron chi connectivity index (χ3n) is 0. The summed E-state index contributed by atoms with van der Waals surface area (Å²) in [4.78, 5) is 45.8. The summed E-state index contributed by atoms with van der Waals surface area (Å²) in [6.07, 6.45) is 0. The first-order valence-electron chi connectivity index (χ1n) is 1.53. The maximum atomic E-state index is 8.88. The number of rotatable bonds is 0. The molecule has 1 unspecified atom stereocenters. The monoisotopic (exact) mass is 269 g/mol. The topological polar surface area (TPSA) is 196 Å². The molecule has 13 heavy (non-hydrogen) atoms. The van der Waals surface area contributed by atoms with Gasteiger partial charge in [-0.25, -0.2) is 4.57 Å². The van der Waals surface area contributed by atoms with Gasteiger partial charge in [0.15, 0.2) is 0 Å². The van der Waals surface area contributed by atoms with Crippen LogP contribution < -0.4 is 15.9 Å². The smallest absolute Gasteiger partial charge is 0.790 e. The van der Waals surface area contributed by atoms with Crippen LogP contribution in [0.4, 0.5) is 0 Å². The molecule has 0 heterocycles. The van der Waals surface area contributed by atoms with E-state index in [1.54, 1.807) is 0 Å². The summed E-state index contributed by atoms with van der Waals surface area (Å²) < 4.78 is 17.5. The molecule has 0 aliphatic carbocycles. The number of hydrogen-bond donors (Lipinski definition) is 5. The first-order chi connectivity index (χ1) is 4.00. The summed E-state index contributed by atoms with van der Waals surface area (Å²) in [5.74, 6) is 0. The summed E-state index contributed by atoms with van der Waals surface area (Å²) in [5.41, 5.74) is 0. The van der Waals surface area contributed by atoms with E-state index < -0.39 is 15.6 Å². The normalized spacial score (nSPS) is 9.08. The molecular weight excluding hydrogens is 259 g/mol. The first-order valence-corrected chi connectivity index (χ1v) is 4.59. The van der Waals surface area contributed by atoms with E-state index in [0.29, 0.717) is 0 Å². The Hall–Kier alpha value is 1.38. The Morgan fingerprint density at radius 3 is 0.923 bits per heavy atom. The van der Waals surface area contributed by atoms with E-state index in [-0.39, 0.29) is 39.1 Å². The van der Waals surface area contributed by atoms with Gasteiger partial charge in [0.1, 0.15) is 0 Å². The van der Waals surface area contributed by atoms with Gasteiger partial charge < -0.3 is 40.1 Å². The third-order valence-corrected chi connectivity index (χ3v) is 0. The molecule has 0 spiro atoms. The van der Waals surface area contributed by atoms with Crippen LogP contribution >= 0.6 is 25.5 Å². The van der Waals surface area contributed by atoms with E-state index in [9.17, 15) is 0 Å². The predicted octanol–water partition coefficient (Wildman–Crippen LogP) is -3.28. The molecule has 0 radical (unpaired) electrons. The Morgan fingerprint density at radius 1 is 0.923 bits per heavy atom. The third kappa shape index (κ3) is 914. The van der Waals surface area contributed by atoms with Crippen LogP contribution in [-0.2, 0) is 9.13 Å². The van der Waals surface area contributed by atoms with E-state index in [2.05, 4.69) is 0 Å². The van der Waals surface area contributed by atoms with Crippen LogP contribution in [0.25, 0.3) is 0 Å². The van der Waals surface area contributed by atoms with E-state index >= 15 is 0 Å². The van der Waals surface area contributed by atoms with Gasteiger partial charge in [-0.3, -0.25) is 0 Å². The van der Waals surface area contributed by atoms with E-state index in [1.165, 1.54) is 0 Å². The van der Waals surface area contributed by atoms with Gasteiger partial charge in [0.25, 0.3) is 0 Å². The average Bonchev–Trinajstić information content (AvgIpc) is 1.12. The largest absolute Gasteiger partial charge is 2.00 e. The summed E-state index contributed by atoms with van der Waals surface area (Å²) in [7, 11) is -9.78. The van der Waals surface area contributed by atoms with Gasteiger partial charge in [-0.1, -0.05) is 0 Å². The fourth-order valence-electron chi connectivity index (χ4n) is 0. The van der Waals surface area contributed by atoms with Gasteiger partial charge in [0, 0.05) is 0 Å². The predicted molar refractivity (Wildman–Crippen MR) is 46.0 cm³/mol. The van der Waals surface area contributed by atoms with Crippen LogP contribution in [0.5, 0.6) is 0 Å². The van der Waals surface area contributed by atoms with Gasteiger partial charge >= 0.3 is 30.9 Å². The molecule has 0 aromatic carbocycles. The minimum atomic E-state index is -5.14. The molecule has 80 valence electrons. The van der Waals surface area contributed by atoms with Crippen LogP contribution in [0.1, 0.15) is 0 Å². The Labute approximate surface area is 93.4 Å². The van der Waals surface area contributed by atoms with Crippen LogP contribution in [0.15, 0.2) is 0 Å². The van der Waals surface area contributed by atoms with Gasteiger partial charge in [-0.05, 0) is 0 Å². The van der Waals surface area contributed by atoms with Crippen molar-refractivity contribution < 1.29 is 38.5 Å². The molecule has 9 nitrogen and oxygen atoms in total. The molecule has 0 rings (SSSR count). The maximum absolute atomic E-state index is 8.88. The second-order valence-electron chi connectivity index (χ2n) is 0.982. The Balaban J connectivity index is -0.0000000267. The zero-order valence-corrected chi connectivity index (χ0v) is 11.1. The van der Waals surface area contributed by atoms with Gasteiger partial charge in [-0.2, -0.15) is 9.90 Å². The average molecular weight is 269 g/mol. The molecule has 0 fully saturated rings. The molecule has 0 saturated carbocycles. The fourth-order valence-corrected chi connectivity index (χ4v) is 0. The van der Waals surface area contributed by atoms with Crippen molar-refractivity contribution in [3.63, 3.8) is 0 Å². The van der Waals surface area contributed by atoms with Crippen LogP contribution in [-0.4, -0.2) is 42.6 Å². The van der Waals surface area contributed by atoms with Crippen LogP contribution in [0, 0.1) is 0 Å². The number of phosphoric acid groups is 2. The number of hydrogen-bond acceptors (Lipinski definition) is 5. The van der Waals surface area contributed by atoms with Gasteiger partial charge in [0.2, 0.25) is 0 Å². The SMILES string of the molecule is N.O=P(O)(O)O.O=P([O-])([O-])O.P.[Mg+2]. The van der Waals surface area contributed by atoms with Crippen LogP contribution in [0.2, 0.25) is 0 Å². The van der Waals surface area contributed by atoms with Crippen molar-refractivity contribution in [3.05, 3.63) is 0 Å². The van der Waals surface area contributed by atoms with E-state index in [4.69, 9.17) is 38.5 Å². The minimum Gasteiger partial charge on any atom is -0.790 e. The van der Waals surface area contributed by atoms with E-state index in [0.717, 1.165) is 0 Å². The molecule has 13 heteroatoms. The molecule has 1 atom stereocenters. The molecule has 0 aliphatic rings. The second-order valence-corrected chi connectivity index (χ2v) is 2.95. The molecule has 0 saturated heterocycles. The maximum Gasteiger partial charge on any atom is 2.00 e. The summed E-state index contributed by atoms with van der Waals surface area (Å²) in [6.45, 7) is 0. The van der Waals surface area contributed by atoms with Crippen LogP contribution in [0.3, 0.4) is 0 Å². The Bertz CT molecular complexity index is 132. The molecule has 0 aromatic rings. The fraction of sp³-hybridized carbons (Fsp3) is 0. The van der Waals surface area contributed by atoms with E-state index in [1.807, 2.05) is 0 Å². The van der Waals surface area contributed by atoms with Crippen molar-refractivity contribution in [2.45, 2.75) is 0 Å². The van der Waals surface area contributed by atoms with Gasteiger partial charge in [-0.15, -0.1) is 0 Å². The summed E-state index contributed by atoms with van der Waals surface area (Å²) in [5, 5.41) is 0. The molecule has 7 N–H and O–H groups in total. The summed E-state index contributed by atoms with van der Waals surface area (Å²) in [6, 6.07) is 0. The molecule has 0 bridgehead atoms. The van der Waals surface area contributed by atoms with Gasteiger partial charge in [0.05, 0.1) is 7.82 Å².